The number of rotatable bonds is 3. The van der Waals surface area contributed by atoms with Crippen molar-refractivity contribution in [3.63, 3.8) is 0 Å². The Labute approximate surface area is 129 Å². The first-order chi connectivity index (χ1) is 9.28. The van der Waals surface area contributed by atoms with Gasteiger partial charge in [0.05, 0.1) is 4.21 Å². The summed E-state index contributed by atoms with van der Waals surface area (Å²) in [6.07, 6.45) is 9.15. The molecule has 3 rings (SSSR count). The molecule has 0 saturated heterocycles. The van der Waals surface area contributed by atoms with E-state index in [0.717, 1.165) is 16.5 Å². The van der Waals surface area contributed by atoms with Gasteiger partial charge < -0.3 is 5.32 Å². The molecule has 0 amide bonds. The van der Waals surface area contributed by atoms with E-state index in [-0.39, 0.29) is 0 Å². The molecule has 1 N–H and O–H groups in total. The summed E-state index contributed by atoms with van der Waals surface area (Å²) in [6.45, 7) is 2.37. The first kappa shape index (κ1) is 14.3. The highest BCUT2D eigenvalue weighted by Gasteiger charge is 2.31. The molecule has 4 heteroatoms. The molecule has 0 bridgehead atoms. The highest BCUT2D eigenvalue weighted by Crippen LogP contribution is 2.44. The Morgan fingerprint density at radius 2 is 2.16 bits per heavy atom. The minimum absolute atomic E-state index is 0.593. The molecule has 2 heterocycles. The second-order valence-corrected chi connectivity index (χ2v) is 9.41. The van der Waals surface area contributed by atoms with Crippen LogP contribution in [0, 0.1) is 0 Å². The Kier molecular flexibility index (Phi) is 4.83. The van der Waals surface area contributed by atoms with E-state index in [4.69, 9.17) is 0 Å². The predicted octanol–water partition coefficient (Wildman–Crippen LogP) is 4.94. The molecule has 1 aliphatic carbocycles. The smallest absolute Gasteiger partial charge is 0.0649 e. The molecule has 19 heavy (non-hydrogen) atoms. The molecule has 1 aromatic heterocycles. The van der Waals surface area contributed by atoms with Crippen molar-refractivity contribution in [1.29, 1.82) is 0 Å². The zero-order valence-electron chi connectivity index (χ0n) is 11.7. The third-order valence-electron chi connectivity index (χ3n) is 4.33. The summed E-state index contributed by atoms with van der Waals surface area (Å²) < 4.78 is 1.55. The molecule has 1 aliphatic heterocycles. The topological polar surface area (TPSA) is 12.0 Å². The van der Waals surface area contributed by atoms with Crippen LogP contribution in [0.4, 0.5) is 0 Å². The van der Waals surface area contributed by atoms with E-state index >= 15 is 0 Å². The van der Waals surface area contributed by atoms with Gasteiger partial charge in [-0.05, 0) is 42.5 Å². The lowest BCUT2D eigenvalue weighted by molar-refractivity contribution is 0.336. The molecular weight excluding hydrogens is 290 g/mol. The van der Waals surface area contributed by atoms with Crippen LogP contribution < -0.4 is 5.32 Å². The normalized spacial score (nSPS) is 35.1. The lowest BCUT2D eigenvalue weighted by Crippen LogP contribution is -2.43. The van der Waals surface area contributed by atoms with Gasteiger partial charge in [-0.25, -0.2) is 0 Å². The van der Waals surface area contributed by atoms with Crippen LogP contribution in [-0.2, 0) is 0 Å². The Bertz CT molecular complexity index is 417. The van der Waals surface area contributed by atoms with Crippen molar-refractivity contribution in [1.82, 2.24) is 5.32 Å². The minimum atomic E-state index is 0.593. The van der Waals surface area contributed by atoms with Gasteiger partial charge >= 0.3 is 0 Å². The fourth-order valence-electron chi connectivity index (χ4n) is 3.34. The molecule has 1 nitrogen and oxygen atoms in total. The molecule has 0 radical (unpaired) electrons. The standard InChI is InChI=1S/C15H23NS3/c1-10-9-13(11-7-8-18-15(11)19-10)16-12-5-3-4-6-14(12)17-2/h7-8,10,12-14,16H,3-6,9H2,1-2H3/t10-,12?,13?,14?/m0/s1. The molecular formula is C15H23NS3. The maximum atomic E-state index is 4.00. The monoisotopic (exact) mass is 313 g/mol. The van der Waals surface area contributed by atoms with E-state index in [0.29, 0.717) is 6.04 Å². The van der Waals surface area contributed by atoms with Crippen molar-refractivity contribution in [2.24, 2.45) is 0 Å². The van der Waals surface area contributed by atoms with Gasteiger partial charge in [-0.1, -0.05) is 19.8 Å². The molecule has 3 unspecified atom stereocenters. The number of fused-ring (bicyclic) bond motifs is 1. The van der Waals surface area contributed by atoms with Crippen LogP contribution in [0.1, 0.15) is 50.6 Å². The van der Waals surface area contributed by atoms with E-state index in [9.17, 15) is 0 Å². The largest absolute Gasteiger partial charge is 0.306 e. The first-order valence-electron chi connectivity index (χ1n) is 7.31. The van der Waals surface area contributed by atoms with Gasteiger partial charge in [-0.15, -0.1) is 23.1 Å². The molecule has 1 aromatic rings. The Morgan fingerprint density at radius 1 is 1.32 bits per heavy atom. The lowest BCUT2D eigenvalue weighted by atomic mass is 9.93. The fourth-order valence-corrected chi connectivity index (χ4v) is 6.85. The average molecular weight is 314 g/mol. The highest BCUT2D eigenvalue weighted by molar-refractivity contribution is 8.01. The van der Waals surface area contributed by atoms with Gasteiger partial charge in [0.2, 0.25) is 0 Å². The molecule has 1 fully saturated rings. The third-order valence-corrected chi connectivity index (χ3v) is 7.84. The van der Waals surface area contributed by atoms with Crippen molar-refractivity contribution in [2.75, 3.05) is 6.26 Å². The maximum Gasteiger partial charge on any atom is 0.0649 e. The Morgan fingerprint density at radius 3 is 3.00 bits per heavy atom. The number of nitrogens with one attached hydrogen (secondary N) is 1. The van der Waals surface area contributed by atoms with Crippen LogP contribution in [0.25, 0.3) is 0 Å². The second-order valence-electron chi connectivity index (χ2n) is 5.71. The predicted molar refractivity (Wildman–Crippen MR) is 89.7 cm³/mol. The van der Waals surface area contributed by atoms with Crippen molar-refractivity contribution in [3.8, 4) is 0 Å². The number of thioether (sulfide) groups is 2. The van der Waals surface area contributed by atoms with Crippen molar-refractivity contribution in [3.05, 3.63) is 17.0 Å². The van der Waals surface area contributed by atoms with Gasteiger partial charge in [0, 0.05) is 22.6 Å². The van der Waals surface area contributed by atoms with Crippen molar-refractivity contribution in [2.45, 2.75) is 65.8 Å². The summed E-state index contributed by atoms with van der Waals surface area (Å²) in [4.78, 5) is 0. The summed E-state index contributed by atoms with van der Waals surface area (Å²) in [5.74, 6) is 0. The SMILES string of the molecule is CSC1CCCCC1NC1C[C@H](C)Sc2sccc21. The summed E-state index contributed by atoms with van der Waals surface area (Å²) in [5.41, 5.74) is 1.57. The van der Waals surface area contributed by atoms with Crippen LogP contribution >= 0.6 is 34.9 Å². The van der Waals surface area contributed by atoms with Gasteiger partial charge in [-0.2, -0.15) is 11.8 Å². The molecule has 4 atom stereocenters. The molecule has 106 valence electrons. The van der Waals surface area contributed by atoms with Crippen LogP contribution in [0.5, 0.6) is 0 Å². The molecule has 0 aromatic carbocycles. The second kappa shape index (κ2) is 6.42. The summed E-state index contributed by atoms with van der Waals surface area (Å²) in [6, 6.07) is 3.65. The van der Waals surface area contributed by atoms with Crippen LogP contribution in [-0.4, -0.2) is 22.8 Å². The number of hydrogen-bond acceptors (Lipinski definition) is 4. The number of thiophene rings is 1. The van der Waals surface area contributed by atoms with Gasteiger partial charge in [0.15, 0.2) is 0 Å². The molecule has 0 spiro atoms. The van der Waals surface area contributed by atoms with E-state index in [1.807, 2.05) is 11.3 Å². The molecule has 2 aliphatic rings. The van der Waals surface area contributed by atoms with Gasteiger partial charge in [-0.3, -0.25) is 0 Å². The zero-order chi connectivity index (χ0) is 13.2. The molecule has 1 saturated carbocycles. The van der Waals surface area contributed by atoms with Crippen molar-refractivity contribution < 1.29 is 0 Å². The van der Waals surface area contributed by atoms with Crippen LogP contribution in [0.3, 0.4) is 0 Å². The highest BCUT2D eigenvalue weighted by atomic mass is 32.2. The summed E-state index contributed by atoms with van der Waals surface area (Å²) in [5, 5.41) is 7.84. The quantitative estimate of drug-likeness (QED) is 0.849. The van der Waals surface area contributed by atoms with E-state index in [2.05, 4.69) is 53.5 Å². The van der Waals surface area contributed by atoms with E-state index in [1.54, 1.807) is 9.77 Å². The van der Waals surface area contributed by atoms with E-state index in [1.165, 1.54) is 32.1 Å². The lowest BCUT2D eigenvalue weighted by Gasteiger charge is -2.36. The number of hydrogen-bond donors (Lipinski definition) is 1. The fraction of sp³-hybridized carbons (Fsp3) is 0.733. The first-order valence-corrected chi connectivity index (χ1v) is 10.4. The average Bonchev–Trinajstić information content (AvgIpc) is 2.87. The van der Waals surface area contributed by atoms with Crippen molar-refractivity contribution >= 4 is 34.9 Å². The van der Waals surface area contributed by atoms with Gasteiger partial charge in [0.25, 0.3) is 0 Å². The van der Waals surface area contributed by atoms with E-state index < -0.39 is 0 Å². The summed E-state index contributed by atoms with van der Waals surface area (Å²) in [7, 11) is 0. The Balaban J connectivity index is 1.72. The van der Waals surface area contributed by atoms with Crippen LogP contribution in [0.2, 0.25) is 0 Å². The summed E-state index contributed by atoms with van der Waals surface area (Å²) >= 11 is 6.04. The van der Waals surface area contributed by atoms with Crippen LogP contribution in [0.15, 0.2) is 15.7 Å². The van der Waals surface area contributed by atoms with Gasteiger partial charge in [0.1, 0.15) is 0 Å². The Hall–Kier alpha value is 0.360. The zero-order valence-corrected chi connectivity index (χ0v) is 14.2. The maximum absolute atomic E-state index is 4.00. The third kappa shape index (κ3) is 3.17. The minimum Gasteiger partial charge on any atom is -0.306 e.